The van der Waals surface area contributed by atoms with Crippen LogP contribution in [0.4, 0.5) is 0 Å². The van der Waals surface area contributed by atoms with Crippen LogP contribution < -0.4 is 5.32 Å². The van der Waals surface area contributed by atoms with Crippen LogP contribution in [0.3, 0.4) is 0 Å². The summed E-state index contributed by atoms with van der Waals surface area (Å²) in [6.07, 6.45) is 0.343. The van der Waals surface area contributed by atoms with E-state index in [0.717, 1.165) is 43.9 Å². The van der Waals surface area contributed by atoms with Crippen molar-refractivity contribution in [2.45, 2.75) is 26.8 Å². The molecule has 148 valence electrons. The average Bonchev–Trinajstić information content (AvgIpc) is 2.71. The summed E-state index contributed by atoms with van der Waals surface area (Å²) in [5, 5.41) is 2.86. The van der Waals surface area contributed by atoms with Crippen molar-refractivity contribution in [3.8, 4) is 0 Å². The van der Waals surface area contributed by atoms with Crippen LogP contribution in [0.25, 0.3) is 0 Å². The molecule has 28 heavy (non-hydrogen) atoms. The monoisotopic (exact) mass is 379 g/mol. The van der Waals surface area contributed by atoms with Gasteiger partial charge in [-0.15, -0.1) is 0 Å². The topological polar surface area (TPSA) is 52.7 Å². The van der Waals surface area contributed by atoms with E-state index in [2.05, 4.69) is 34.5 Å². The van der Waals surface area contributed by atoms with E-state index in [4.69, 9.17) is 0 Å². The Morgan fingerprint density at radius 3 is 2.32 bits per heavy atom. The highest BCUT2D eigenvalue weighted by molar-refractivity contribution is 5.94. The Kier molecular flexibility index (Phi) is 6.82. The van der Waals surface area contributed by atoms with Gasteiger partial charge in [0.2, 0.25) is 5.91 Å². The zero-order chi connectivity index (χ0) is 19.9. The summed E-state index contributed by atoms with van der Waals surface area (Å²) in [5.41, 5.74) is 4.21. The molecule has 1 fully saturated rings. The molecule has 0 aromatic heterocycles. The SMILES string of the molecule is Cc1ccc(C(=O)NCCC(=O)N2CCN(Cc3ccccc3)CC2)cc1C. The van der Waals surface area contributed by atoms with E-state index in [1.807, 2.05) is 43.0 Å². The molecule has 5 heteroatoms. The van der Waals surface area contributed by atoms with Gasteiger partial charge in [-0.05, 0) is 42.7 Å². The quantitative estimate of drug-likeness (QED) is 0.840. The van der Waals surface area contributed by atoms with Crippen LogP contribution in [0.5, 0.6) is 0 Å². The minimum Gasteiger partial charge on any atom is -0.352 e. The molecule has 0 unspecified atom stereocenters. The second-order valence-corrected chi connectivity index (χ2v) is 7.45. The van der Waals surface area contributed by atoms with Gasteiger partial charge in [0.15, 0.2) is 0 Å². The molecular weight excluding hydrogens is 350 g/mol. The molecule has 1 heterocycles. The second kappa shape index (κ2) is 9.51. The van der Waals surface area contributed by atoms with Crippen molar-refractivity contribution in [2.24, 2.45) is 0 Å². The average molecular weight is 380 g/mol. The van der Waals surface area contributed by atoms with E-state index in [1.165, 1.54) is 5.56 Å². The maximum absolute atomic E-state index is 12.4. The Morgan fingerprint density at radius 2 is 1.64 bits per heavy atom. The number of hydrogen-bond donors (Lipinski definition) is 1. The molecule has 3 rings (SSSR count). The maximum Gasteiger partial charge on any atom is 0.251 e. The zero-order valence-corrected chi connectivity index (χ0v) is 16.8. The van der Waals surface area contributed by atoms with E-state index in [9.17, 15) is 9.59 Å². The first-order valence-electron chi connectivity index (χ1n) is 9.92. The molecule has 0 aliphatic carbocycles. The number of piperazine rings is 1. The van der Waals surface area contributed by atoms with Crippen LogP contribution in [0.2, 0.25) is 0 Å². The fourth-order valence-electron chi connectivity index (χ4n) is 3.42. The minimum atomic E-state index is -0.122. The summed E-state index contributed by atoms with van der Waals surface area (Å²) in [4.78, 5) is 29.0. The lowest BCUT2D eigenvalue weighted by atomic mass is 10.1. The van der Waals surface area contributed by atoms with Crippen molar-refractivity contribution in [2.75, 3.05) is 32.7 Å². The van der Waals surface area contributed by atoms with Gasteiger partial charge in [-0.2, -0.15) is 0 Å². The first-order chi connectivity index (χ1) is 13.5. The van der Waals surface area contributed by atoms with Gasteiger partial charge in [-0.3, -0.25) is 14.5 Å². The highest BCUT2D eigenvalue weighted by Gasteiger charge is 2.21. The molecule has 1 aliphatic heterocycles. The third-order valence-electron chi connectivity index (χ3n) is 5.37. The summed E-state index contributed by atoms with van der Waals surface area (Å²) in [5.74, 6) is -0.0108. The Labute approximate surface area is 167 Å². The summed E-state index contributed by atoms with van der Waals surface area (Å²) in [7, 11) is 0. The Hall–Kier alpha value is -2.66. The van der Waals surface area contributed by atoms with Crippen LogP contribution in [0, 0.1) is 13.8 Å². The fraction of sp³-hybridized carbons (Fsp3) is 0.391. The number of hydrogen-bond acceptors (Lipinski definition) is 3. The van der Waals surface area contributed by atoms with Crippen molar-refractivity contribution >= 4 is 11.8 Å². The molecule has 0 bridgehead atoms. The molecule has 0 saturated carbocycles. The molecule has 1 saturated heterocycles. The molecule has 1 N–H and O–H groups in total. The number of rotatable bonds is 6. The van der Waals surface area contributed by atoms with Crippen LogP contribution >= 0.6 is 0 Å². The summed E-state index contributed by atoms with van der Waals surface area (Å²) < 4.78 is 0. The van der Waals surface area contributed by atoms with Crippen LogP contribution in [0.15, 0.2) is 48.5 Å². The van der Waals surface area contributed by atoms with Gasteiger partial charge >= 0.3 is 0 Å². The van der Waals surface area contributed by atoms with Gasteiger partial charge < -0.3 is 10.2 Å². The fourth-order valence-corrected chi connectivity index (χ4v) is 3.42. The first-order valence-corrected chi connectivity index (χ1v) is 9.92. The van der Waals surface area contributed by atoms with Crippen molar-refractivity contribution in [1.82, 2.24) is 15.1 Å². The Balaban J connectivity index is 1.38. The normalized spacial score (nSPS) is 14.7. The maximum atomic E-state index is 12.4. The molecule has 2 aromatic carbocycles. The summed E-state index contributed by atoms with van der Waals surface area (Å²) in [6.45, 7) is 8.57. The number of nitrogens with one attached hydrogen (secondary N) is 1. The Morgan fingerprint density at radius 1 is 0.929 bits per heavy atom. The molecule has 5 nitrogen and oxygen atoms in total. The molecule has 1 aliphatic rings. The first kappa shape index (κ1) is 20.1. The number of amides is 2. The van der Waals surface area contributed by atoms with Gasteiger partial charge in [0, 0.05) is 51.3 Å². The van der Waals surface area contributed by atoms with Crippen LogP contribution in [-0.4, -0.2) is 54.3 Å². The number of carbonyl (C=O) groups excluding carboxylic acids is 2. The molecule has 0 spiro atoms. The highest BCUT2D eigenvalue weighted by Crippen LogP contribution is 2.11. The largest absolute Gasteiger partial charge is 0.352 e. The van der Waals surface area contributed by atoms with Gasteiger partial charge in [0.1, 0.15) is 0 Å². The molecule has 0 radical (unpaired) electrons. The molecule has 2 aromatic rings. The minimum absolute atomic E-state index is 0.111. The lowest BCUT2D eigenvalue weighted by Gasteiger charge is -2.34. The van der Waals surface area contributed by atoms with E-state index < -0.39 is 0 Å². The summed E-state index contributed by atoms with van der Waals surface area (Å²) in [6, 6.07) is 16.1. The molecule has 0 atom stereocenters. The molecular formula is C23H29N3O2. The lowest BCUT2D eigenvalue weighted by Crippen LogP contribution is -2.48. The van der Waals surface area contributed by atoms with Crippen LogP contribution in [0.1, 0.15) is 33.5 Å². The zero-order valence-electron chi connectivity index (χ0n) is 16.8. The van der Waals surface area contributed by atoms with E-state index in [-0.39, 0.29) is 11.8 Å². The smallest absolute Gasteiger partial charge is 0.251 e. The van der Waals surface area contributed by atoms with Crippen molar-refractivity contribution < 1.29 is 9.59 Å². The third-order valence-corrected chi connectivity index (χ3v) is 5.37. The number of carbonyl (C=O) groups is 2. The van der Waals surface area contributed by atoms with Gasteiger partial charge in [0.05, 0.1) is 0 Å². The molecule has 2 amide bonds. The lowest BCUT2D eigenvalue weighted by molar-refractivity contribution is -0.132. The number of benzene rings is 2. The van der Waals surface area contributed by atoms with Gasteiger partial charge in [-0.1, -0.05) is 36.4 Å². The third kappa shape index (κ3) is 5.42. The Bertz CT molecular complexity index is 812. The number of aryl methyl sites for hydroxylation is 2. The van der Waals surface area contributed by atoms with Crippen molar-refractivity contribution in [3.63, 3.8) is 0 Å². The van der Waals surface area contributed by atoms with Crippen molar-refractivity contribution in [3.05, 3.63) is 70.8 Å². The van der Waals surface area contributed by atoms with E-state index in [0.29, 0.717) is 18.5 Å². The summed E-state index contributed by atoms with van der Waals surface area (Å²) >= 11 is 0. The highest BCUT2D eigenvalue weighted by atomic mass is 16.2. The predicted molar refractivity (Wildman–Crippen MR) is 111 cm³/mol. The van der Waals surface area contributed by atoms with Crippen molar-refractivity contribution in [1.29, 1.82) is 0 Å². The number of nitrogens with zero attached hydrogens (tertiary/aromatic N) is 2. The van der Waals surface area contributed by atoms with Gasteiger partial charge in [0.25, 0.3) is 5.91 Å². The standard InChI is InChI=1S/C23H29N3O2/c1-18-8-9-21(16-19(18)2)23(28)24-11-10-22(27)26-14-12-25(13-15-26)17-20-6-4-3-5-7-20/h3-9,16H,10-15,17H2,1-2H3,(H,24,28). The predicted octanol–water partition coefficient (Wildman–Crippen LogP) is 2.77. The van der Waals surface area contributed by atoms with E-state index in [1.54, 1.807) is 0 Å². The van der Waals surface area contributed by atoms with Crippen LogP contribution in [-0.2, 0) is 11.3 Å². The van der Waals surface area contributed by atoms with Gasteiger partial charge in [-0.25, -0.2) is 0 Å². The second-order valence-electron chi connectivity index (χ2n) is 7.45. The van der Waals surface area contributed by atoms with E-state index >= 15 is 0 Å².